The van der Waals surface area contributed by atoms with E-state index in [2.05, 4.69) is 19.8 Å². The second-order valence-corrected chi connectivity index (χ2v) is 3.52. The molecule has 1 aromatic rings. The van der Waals surface area contributed by atoms with Crippen LogP contribution < -0.4 is 0 Å². The number of rotatable bonds is 4. The van der Waals surface area contributed by atoms with E-state index in [1.165, 1.54) is 30.7 Å². The number of nitrogens with zero attached hydrogens (tertiary/aromatic N) is 3. The van der Waals surface area contributed by atoms with Crippen molar-refractivity contribution in [3.05, 3.63) is 11.4 Å². The van der Waals surface area contributed by atoms with Crippen molar-refractivity contribution in [1.29, 1.82) is 0 Å². The molecule has 88 valence electrons. The molecular weight excluding hydrogens is 234 g/mol. The van der Waals surface area contributed by atoms with Gasteiger partial charge in [-0.05, 0) is 6.26 Å². The number of esters is 2. The number of carbonyl (C=O) groups is 2. The summed E-state index contributed by atoms with van der Waals surface area (Å²) in [4.78, 5) is 22.8. The Morgan fingerprint density at radius 3 is 2.44 bits per heavy atom. The molecule has 1 heterocycles. The quantitative estimate of drug-likeness (QED) is 0.699. The lowest BCUT2D eigenvalue weighted by Gasteiger charge is -2.03. The third kappa shape index (κ3) is 2.32. The van der Waals surface area contributed by atoms with Crippen LogP contribution in [0.15, 0.2) is 0 Å². The fraction of sp³-hybridized carbons (Fsp3) is 0.500. The zero-order valence-corrected chi connectivity index (χ0v) is 9.91. The Morgan fingerprint density at radius 1 is 1.31 bits per heavy atom. The Bertz CT molecular complexity index is 404. The van der Waals surface area contributed by atoms with Gasteiger partial charge in [-0.25, -0.2) is 14.3 Å². The van der Waals surface area contributed by atoms with E-state index in [4.69, 9.17) is 0 Å². The molecule has 0 saturated heterocycles. The molecule has 0 aliphatic rings. The Kier molecular flexibility index (Phi) is 4.29. The predicted octanol–water partition coefficient (Wildman–Crippen LogP) is 0.172. The lowest BCUT2D eigenvalue weighted by Crippen LogP contribution is -2.15. The SMILES string of the molecule is COC(=O)c1nnn(CSC)c1C(=O)OC. The van der Waals surface area contributed by atoms with E-state index in [1.807, 2.05) is 6.26 Å². The van der Waals surface area contributed by atoms with E-state index >= 15 is 0 Å². The van der Waals surface area contributed by atoms with Gasteiger partial charge in [-0.3, -0.25) is 0 Å². The molecule has 0 saturated carbocycles. The van der Waals surface area contributed by atoms with Gasteiger partial charge < -0.3 is 9.47 Å². The molecule has 0 aromatic carbocycles. The number of methoxy groups -OCH3 is 2. The van der Waals surface area contributed by atoms with Crippen molar-refractivity contribution in [3.63, 3.8) is 0 Å². The zero-order valence-electron chi connectivity index (χ0n) is 9.09. The predicted molar refractivity (Wildman–Crippen MR) is 56.2 cm³/mol. The van der Waals surface area contributed by atoms with Crippen molar-refractivity contribution < 1.29 is 19.1 Å². The number of thioether (sulfide) groups is 1. The van der Waals surface area contributed by atoms with E-state index in [-0.39, 0.29) is 11.4 Å². The smallest absolute Gasteiger partial charge is 0.361 e. The van der Waals surface area contributed by atoms with E-state index < -0.39 is 11.9 Å². The molecule has 7 nitrogen and oxygen atoms in total. The molecular formula is C8H11N3O4S. The molecule has 0 aliphatic carbocycles. The minimum Gasteiger partial charge on any atom is -0.464 e. The Labute approximate surface area is 96.1 Å². The maximum atomic E-state index is 11.5. The van der Waals surface area contributed by atoms with Crippen LogP contribution in [-0.2, 0) is 15.4 Å². The van der Waals surface area contributed by atoms with E-state index in [0.717, 1.165) is 0 Å². The maximum absolute atomic E-state index is 11.5. The second kappa shape index (κ2) is 5.50. The molecule has 0 fully saturated rings. The highest BCUT2D eigenvalue weighted by Gasteiger charge is 2.26. The first-order valence-electron chi connectivity index (χ1n) is 4.24. The highest BCUT2D eigenvalue weighted by molar-refractivity contribution is 7.97. The van der Waals surface area contributed by atoms with Crippen LogP contribution in [0.1, 0.15) is 21.0 Å². The summed E-state index contributed by atoms with van der Waals surface area (Å²) in [6.07, 6.45) is 1.83. The average molecular weight is 245 g/mol. The highest BCUT2D eigenvalue weighted by atomic mass is 32.2. The van der Waals surface area contributed by atoms with Crippen LogP contribution in [-0.4, -0.2) is 47.4 Å². The first kappa shape index (κ1) is 12.5. The van der Waals surface area contributed by atoms with Crippen LogP contribution in [0.4, 0.5) is 0 Å². The van der Waals surface area contributed by atoms with Crippen molar-refractivity contribution in [2.24, 2.45) is 0 Å². The second-order valence-electron chi connectivity index (χ2n) is 2.69. The lowest BCUT2D eigenvalue weighted by molar-refractivity contribution is 0.0544. The standard InChI is InChI=1S/C8H11N3O4S/c1-14-7(12)5-6(8(13)15-2)11(4-16-3)10-9-5/h4H2,1-3H3. The Hall–Kier alpha value is -1.57. The van der Waals surface area contributed by atoms with Crippen LogP contribution in [0.25, 0.3) is 0 Å². The van der Waals surface area contributed by atoms with Crippen LogP contribution in [0, 0.1) is 0 Å². The molecule has 0 atom stereocenters. The summed E-state index contributed by atoms with van der Waals surface area (Å²) in [6.45, 7) is 0. The number of carbonyl (C=O) groups excluding carboxylic acids is 2. The third-order valence-corrected chi connectivity index (χ3v) is 2.25. The van der Waals surface area contributed by atoms with Gasteiger partial charge in [-0.2, -0.15) is 0 Å². The number of hydrogen-bond acceptors (Lipinski definition) is 7. The molecule has 0 radical (unpaired) electrons. The van der Waals surface area contributed by atoms with Crippen LogP contribution in [0.3, 0.4) is 0 Å². The van der Waals surface area contributed by atoms with Gasteiger partial charge in [-0.15, -0.1) is 16.9 Å². The summed E-state index contributed by atoms with van der Waals surface area (Å²) < 4.78 is 10.3. The maximum Gasteiger partial charge on any atom is 0.361 e. The number of hydrogen-bond donors (Lipinski definition) is 0. The molecule has 1 rings (SSSR count). The van der Waals surface area contributed by atoms with Crippen molar-refractivity contribution in [3.8, 4) is 0 Å². The molecule has 16 heavy (non-hydrogen) atoms. The topological polar surface area (TPSA) is 83.3 Å². The van der Waals surface area contributed by atoms with Gasteiger partial charge in [0.05, 0.1) is 20.1 Å². The van der Waals surface area contributed by atoms with Gasteiger partial charge in [0, 0.05) is 0 Å². The summed E-state index contributed by atoms with van der Waals surface area (Å²) in [5.74, 6) is -0.985. The fourth-order valence-electron chi connectivity index (χ4n) is 1.06. The molecule has 0 unspecified atom stereocenters. The highest BCUT2D eigenvalue weighted by Crippen LogP contribution is 2.11. The lowest BCUT2D eigenvalue weighted by atomic mass is 10.3. The van der Waals surface area contributed by atoms with Crippen molar-refractivity contribution in [1.82, 2.24) is 15.0 Å². The summed E-state index contributed by atoms with van der Waals surface area (Å²) in [5.41, 5.74) is -0.132. The summed E-state index contributed by atoms with van der Waals surface area (Å²) in [7, 11) is 2.43. The average Bonchev–Trinajstić information content (AvgIpc) is 2.71. The van der Waals surface area contributed by atoms with Gasteiger partial charge in [0.25, 0.3) is 0 Å². The largest absolute Gasteiger partial charge is 0.464 e. The minimum absolute atomic E-state index is 0.00343. The van der Waals surface area contributed by atoms with Gasteiger partial charge in [-0.1, -0.05) is 5.21 Å². The number of ether oxygens (including phenoxy) is 2. The molecule has 0 aliphatic heterocycles. The molecule has 0 N–H and O–H groups in total. The molecule has 0 amide bonds. The van der Waals surface area contributed by atoms with Gasteiger partial charge in [0.2, 0.25) is 5.69 Å². The van der Waals surface area contributed by atoms with Crippen molar-refractivity contribution in [2.45, 2.75) is 5.88 Å². The van der Waals surface area contributed by atoms with Crippen molar-refractivity contribution >= 4 is 23.7 Å². The minimum atomic E-state index is -0.715. The first-order chi connectivity index (χ1) is 7.65. The molecule has 1 aromatic heterocycles. The molecule has 0 spiro atoms. The van der Waals surface area contributed by atoms with E-state index in [1.54, 1.807) is 0 Å². The summed E-state index contributed by atoms with van der Waals surface area (Å²) in [5, 5.41) is 7.29. The van der Waals surface area contributed by atoms with E-state index in [9.17, 15) is 9.59 Å². The van der Waals surface area contributed by atoms with Crippen molar-refractivity contribution in [2.75, 3.05) is 20.5 Å². The number of aromatic nitrogens is 3. The Balaban J connectivity index is 3.19. The molecule has 8 heteroatoms. The van der Waals surface area contributed by atoms with Gasteiger partial charge >= 0.3 is 11.9 Å². The van der Waals surface area contributed by atoms with Gasteiger partial charge in [0.1, 0.15) is 0 Å². The zero-order chi connectivity index (χ0) is 12.1. The van der Waals surface area contributed by atoms with Gasteiger partial charge in [0.15, 0.2) is 5.69 Å². The fourth-order valence-corrected chi connectivity index (χ4v) is 1.48. The third-order valence-electron chi connectivity index (χ3n) is 1.74. The Morgan fingerprint density at radius 2 is 1.94 bits per heavy atom. The van der Waals surface area contributed by atoms with E-state index in [0.29, 0.717) is 5.88 Å². The van der Waals surface area contributed by atoms with Crippen LogP contribution in [0.2, 0.25) is 0 Å². The summed E-state index contributed by atoms with van der Waals surface area (Å²) >= 11 is 1.43. The van der Waals surface area contributed by atoms with Crippen LogP contribution >= 0.6 is 11.8 Å². The summed E-state index contributed by atoms with van der Waals surface area (Å²) in [6, 6.07) is 0. The normalized spacial score (nSPS) is 9.94. The van der Waals surface area contributed by atoms with Crippen LogP contribution in [0.5, 0.6) is 0 Å². The monoisotopic (exact) mass is 245 g/mol. The molecule has 0 bridgehead atoms. The first-order valence-corrected chi connectivity index (χ1v) is 5.64.